The number of aliphatic carboxylic acids is 1. The van der Waals surface area contributed by atoms with Gasteiger partial charge in [0.1, 0.15) is 0 Å². The number of hydrogen-bond donors (Lipinski definition) is 3. The normalized spacial score (nSPS) is 11.8. The molecule has 0 aliphatic carbocycles. The fourth-order valence-corrected chi connectivity index (χ4v) is 2.07. The molecule has 0 atom stereocenters. The zero-order chi connectivity index (χ0) is 21.1. The van der Waals surface area contributed by atoms with E-state index in [4.69, 9.17) is 5.11 Å². The molecule has 0 bridgehead atoms. The van der Waals surface area contributed by atoms with Crippen molar-refractivity contribution in [3.8, 4) is 0 Å². The number of carbonyl (C=O) groups is 3. The van der Waals surface area contributed by atoms with Crippen LogP contribution in [0.3, 0.4) is 0 Å². The highest BCUT2D eigenvalue weighted by atomic mass is 19.4. The summed E-state index contributed by atoms with van der Waals surface area (Å²) in [5.41, 5.74) is -2.01. The Morgan fingerprint density at radius 1 is 1.14 bits per heavy atom. The van der Waals surface area contributed by atoms with Gasteiger partial charge >= 0.3 is 12.1 Å². The topological polar surface area (TPSA) is 113 Å². The number of carbonyl (C=O) groups excluding carboxylic acids is 2. The Labute approximate surface area is 157 Å². The molecule has 2 amide bonds. The van der Waals surface area contributed by atoms with Crippen molar-refractivity contribution in [2.75, 3.05) is 11.9 Å². The number of aromatic nitrogens is 2. The van der Waals surface area contributed by atoms with E-state index < -0.39 is 41.6 Å². The van der Waals surface area contributed by atoms with E-state index in [1.807, 2.05) is 0 Å². The average Bonchev–Trinajstić information content (AvgIpc) is 3.08. The Bertz CT molecular complexity index is 889. The molecule has 0 saturated heterocycles. The Kier molecular flexibility index (Phi) is 5.76. The largest absolute Gasteiger partial charge is 0.479 e. The molecule has 1 heterocycles. The lowest BCUT2D eigenvalue weighted by Crippen LogP contribution is -2.36. The zero-order valence-electron chi connectivity index (χ0n) is 14.9. The minimum atomic E-state index is -4.51. The Morgan fingerprint density at radius 3 is 2.29 bits per heavy atom. The minimum Gasteiger partial charge on any atom is -0.479 e. The van der Waals surface area contributed by atoms with E-state index in [1.54, 1.807) is 0 Å². The molecular weight excluding hydrogens is 381 g/mol. The molecule has 0 radical (unpaired) electrons. The molecule has 2 aromatic rings. The highest BCUT2D eigenvalue weighted by Crippen LogP contribution is 2.29. The zero-order valence-corrected chi connectivity index (χ0v) is 14.9. The number of alkyl halides is 3. The van der Waals surface area contributed by atoms with Gasteiger partial charge in [0.2, 0.25) is 5.91 Å². The maximum absolute atomic E-state index is 12.5. The van der Waals surface area contributed by atoms with Crippen molar-refractivity contribution in [2.24, 2.45) is 0 Å². The van der Waals surface area contributed by atoms with Gasteiger partial charge in [0.05, 0.1) is 24.0 Å². The highest BCUT2D eigenvalue weighted by Gasteiger charge is 2.31. The summed E-state index contributed by atoms with van der Waals surface area (Å²) in [5, 5.41) is 17.7. The minimum absolute atomic E-state index is 0.0307. The van der Waals surface area contributed by atoms with Gasteiger partial charge in [-0.1, -0.05) is 0 Å². The SMILES string of the molecule is CC(C)(C(=O)O)n1cc(NC(=O)CNC(=O)c2ccc(C(F)(F)F)cc2)cn1. The lowest BCUT2D eigenvalue weighted by Gasteiger charge is -2.19. The van der Waals surface area contributed by atoms with Gasteiger partial charge in [-0.3, -0.25) is 14.3 Å². The lowest BCUT2D eigenvalue weighted by atomic mass is 10.1. The molecule has 8 nitrogen and oxygen atoms in total. The van der Waals surface area contributed by atoms with Crippen LogP contribution in [0.5, 0.6) is 0 Å². The molecule has 0 aliphatic heterocycles. The van der Waals surface area contributed by atoms with Gasteiger partial charge < -0.3 is 15.7 Å². The summed E-state index contributed by atoms with van der Waals surface area (Å²) in [5.74, 6) is -2.45. The fourth-order valence-electron chi connectivity index (χ4n) is 2.07. The molecule has 0 unspecified atom stereocenters. The number of rotatable bonds is 6. The molecule has 150 valence electrons. The first-order chi connectivity index (χ1) is 12.9. The average molecular weight is 398 g/mol. The molecular formula is C17H17F3N4O4. The van der Waals surface area contributed by atoms with Crippen molar-refractivity contribution in [3.63, 3.8) is 0 Å². The highest BCUT2D eigenvalue weighted by molar-refractivity contribution is 5.99. The van der Waals surface area contributed by atoms with E-state index in [9.17, 15) is 27.6 Å². The van der Waals surface area contributed by atoms with E-state index in [0.29, 0.717) is 0 Å². The number of amides is 2. The van der Waals surface area contributed by atoms with E-state index in [0.717, 1.165) is 28.9 Å². The number of nitrogens with one attached hydrogen (secondary N) is 2. The molecule has 28 heavy (non-hydrogen) atoms. The second kappa shape index (κ2) is 7.71. The van der Waals surface area contributed by atoms with E-state index in [2.05, 4.69) is 15.7 Å². The van der Waals surface area contributed by atoms with Gasteiger partial charge in [-0.15, -0.1) is 0 Å². The first-order valence-electron chi connectivity index (χ1n) is 7.95. The van der Waals surface area contributed by atoms with Gasteiger partial charge in [0.25, 0.3) is 5.91 Å². The number of halogens is 3. The van der Waals surface area contributed by atoms with Crippen LogP contribution < -0.4 is 10.6 Å². The Morgan fingerprint density at radius 2 is 1.75 bits per heavy atom. The molecule has 0 aliphatic rings. The van der Waals surface area contributed by atoms with Crippen LogP contribution in [0.15, 0.2) is 36.7 Å². The third kappa shape index (κ3) is 4.87. The van der Waals surface area contributed by atoms with Crippen molar-refractivity contribution >= 4 is 23.5 Å². The van der Waals surface area contributed by atoms with Crippen LogP contribution in [-0.2, 0) is 21.3 Å². The number of hydrogen-bond acceptors (Lipinski definition) is 4. The summed E-state index contributed by atoms with van der Waals surface area (Å²) in [6, 6.07) is 3.56. The number of carboxylic acid groups (broad SMARTS) is 1. The van der Waals surface area contributed by atoms with E-state index in [1.165, 1.54) is 26.2 Å². The van der Waals surface area contributed by atoms with Gasteiger partial charge in [-0.25, -0.2) is 4.79 Å². The summed E-state index contributed by atoms with van der Waals surface area (Å²) in [4.78, 5) is 35.0. The second-order valence-corrected chi connectivity index (χ2v) is 6.34. The number of benzene rings is 1. The second-order valence-electron chi connectivity index (χ2n) is 6.34. The molecule has 11 heteroatoms. The summed E-state index contributed by atoms with van der Waals surface area (Å²) in [6.07, 6.45) is -1.93. The molecule has 1 aromatic carbocycles. The molecule has 2 rings (SSSR count). The van der Waals surface area contributed by atoms with Crippen molar-refractivity contribution in [3.05, 3.63) is 47.8 Å². The predicted octanol–water partition coefficient (Wildman–Crippen LogP) is 2.09. The first-order valence-corrected chi connectivity index (χ1v) is 7.95. The van der Waals surface area contributed by atoms with Crippen molar-refractivity contribution < 1.29 is 32.7 Å². The first kappa shape index (κ1) is 20.9. The number of anilines is 1. The van der Waals surface area contributed by atoms with E-state index >= 15 is 0 Å². The standard InChI is InChI=1S/C17H17F3N4O4/c1-16(2,15(27)28)24-9-12(7-22-24)23-13(25)8-21-14(26)10-3-5-11(6-4-10)17(18,19)20/h3-7,9H,8H2,1-2H3,(H,21,26)(H,23,25)(H,27,28). The molecule has 3 N–H and O–H groups in total. The quantitative estimate of drug-likeness (QED) is 0.690. The van der Waals surface area contributed by atoms with Crippen LogP contribution in [0.4, 0.5) is 18.9 Å². The number of carboxylic acids is 1. The Hall–Kier alpha value is -3.37. The monoisotopic (exact) mass is 398 g/mol. The molecule has 1 aromatic heterocycles. The van der Waals surface area contributed by atoms with Crippen LogP contribution >= 0.6 is 0 Å². The van der Waals surface area contributed by atoms with Crippen LogP contribution in [0.1, 0.15) is 29.8 Å². The molecule has 0 fully saturated rings. The maximum Gasteiger partial charge on any atom is 0.416 e. The van der Waals surface area contributed by atoms with Gasteiger partial charge in [0.15, 0.2) is 5.54 Å². The predicted molar refractivity (Wildman–Crippen MR) is 91.6 cm³/mol. The van der Waals surface area contributed by atoms with Crippen LogP contribution in [-0.4, -0.2) is 39.2 Å². The van der Waals surface area contributed by atoms with Crippen molar-refractivity contribution in [2.45, 2.75) is 25.6 Å². The van der Waals surface area contributed by atoms with Crippen LogP contribution in [0.25, 0.3) is 0 Å². The maximum atomic E-state index is 12.5. The number of nitrogens with zero attached hydrogens (tertiary/aromatic N) is 2. The van der Waals surface area contributed by atoms with Crippen LogP contribution in [0.2, 0.25) is 0 Å². The fraction of sp³-hybridized carbons (Fsp3) is 0.294. The van der Waals surface area contributed by atoms with Gasteiger partial charge in [-0.05, 0) is 38.1 Å². The van der Waals surface area contributed by atoms with E-state index in [-0.39, 0.29) is 11.3 Å². The summed E-state index contributed by atoms with van der Waals surface area (Å²) < 4.78 is 38.7. The van der Waals surface area contributed by atoms with Gasteiger partial charge in [0, 0.05) is 11.8 Å². The third-order valence-electron chi connectivity index (χ3n) is 3.85. The summed E-state index contributed by atoms with van der Waals surface area (Å²) in [7, 11) is 0. The molecule has 0 saturated carbocycles. The summed E-state index contributed by atoms with van der Waals surface area (Å²) in [6.45, 7) is 2.42. The smallest absolute Gasteiger partial charge is 0.416 e. The lowest BCUT2D eigenvalue weighted by molar-refractivity contribution is -0.146. The van der Waals surface area contributed by atoms with Gasteiger partial charge in [-0.2, -0.15) is 18.3 Å². The molecule has 0 spiro atoms. The van der Waals surface area contributed by atoms with Crippen molar-refractivity contribution in [1.29, 1.82) is 0 Å². The third-order valence-corrected chi connectivity index (χ3v) is 3.85. The van der Waals surface area contributed by atoms with Crippen LogP contribution in [0, 0.1) is 0 Å². The van der Waals surface area contributed by atoms with Crippen molar-refractivity contribution in [1.82, 2.24) is 15.1 Å². The Balaban J connectivity index is 1.91. The summed E-state index contributed by atoms with van der Waals surface area (Å²) >= 11 is 0.